The van der Waals surface area contributed by atoms with Gasteiger partial charge in [0.05, 0.1) is 19.8 Å². The summed E-state index contributed by atoms with van der Waals surface area (Å²) >= 11 is 0. The van der Waals surface area contributed by atoms with Crippen LogP contribution in [0.4, 0.5) is 4.39 Å². The van der Waals surface area contributed by atoms with Gasteiger partial charge >= 0.3 is 0 Å². The van der Waals surface area contributed by atoms with Gasteiger partial charge in [-0.3, -0.25) is 9.58 Å². The maximum Gasteiger partial charge on any atom is 0.134 e. The molecule has 0 unspecified atom stereocenters. The van der Waals surface area contributed by atoms with Gasteiger partial charge in [0.2, 0.25) is 0 Å². The van der Waals surface area contributed by atoms with Gasteiger partial charge in [-0.05, 0) is 35.9 Å². The van der Waals surface area contributed by atoms with Gasteiger partial charge in [-0.2, -0.15) is 5.10 Å². The van der Waals surface area contributed by atoms with Crippen molar-refractivity contribution < 1.29 is 23.7 Å². The van der Waals surface area contributed by atoms with Gasteiger partial charge in [-0.1, -0.05) is 18.2 Å². The molecule has 1 aliphatic rings. The number of aryl methyl sites for hydroxylation is 1. The molecular weight excluding hydrogens is 425 g/mol. The Morgan fingerprint density at radius 2 is 1.94 bits per heavy atom. The number of hydrogen-bond acceptors (Lipinski definition) is 6. The van der Waals surface area contributed by atoms with Crippen molar-refractivity contribution >= 4 is 0 Å². The maximum atomic E-state index is 13.4. The fourth-order valence-corrected chi connectivity index (χ4v) is 3.83. The summed E-state index contributed by atoms with van der Waals surface area (Å²) in [6, 6.07) is 15.8. The molecule has 4 rings (SSSR count). The summed E-state index contributed by atoms with van der Waals surface area (Å²) in [5, 5.41) is 15.3. The van der Waals surface area contributed by atoms with Gasteiger partial charge in [0.15, 0.2) is 0 Å². The van der Waals surface area contributed by atoms with E-state index in [2.05, 4.69) is 10.00 Å². The van der Waals surface area contributed by atoms with Crippen LogP contribution in [0.2, 0.25) is 0 Å². The van der Waals surface area contributed by atoms with Gasteiger partial charge in [0, 0.05) is 51.1 Å². The van der Waals surface area contributed by atoms with E-state index in [-0.39, 0.29) is 19.0 Å². The normalized spacial score (nSPS) is 19.2. The first kappa shape index (κ1) is 23.2. The van der Waals surface area contributed by atoms with Crippen molar-refractivity contribution in [2.45, 2.75) is 25.1 Å². The van der Waals surface area contributed by atoms with Crippen LogP contribution < -0.4 is 9.47 Å². The Bertz CT molecular complexity index is 1000. The first-order valence-corrected chi connectivity index (χ1v) is 11.2. The summed E-state index contributed by atoms with van der Waals surface area (Å²) in [5.74, 6) is 0.835. The molecule has 1 saturated heterocycles. The number of aromatic nitrogens is 2. The molecule has 0 amide bonds. The number of nitrogens with zero attached hydrogens (tertiary/aromatic N) is 3. The summed E-state index contributed by atoms with van der Waals surface area (Å²) in [6.07, 6.45) is 4.58. The Morgan fingerprint density at radius 3 is 2.76 bits per heavy atom. The van der Waals surface area contributed by atoms with Crippen LogP contribution in [0.5, 0.6) is 11.5 Å². The zero-order valence-corrected chi connectivity index (χ0v) is 18.6. The van der Waals surface area contributed by atoms with Crippen molar-refractivity contribution in [3.05, 3.63) is 78.4 Å². The molecule has 3 aromatic rings. The van der Waals surface area contributed by atoms with Crippen molar-refractivity contribution in [1.29, 1.82) is 0 Å². The van der Waals surface area contributed by atoms with E-state index in [9.17, 15) is 9.50 Å². The molecule has 1 aromatic heterocycles. The largest absolute Gasteiger partial charge is 0.494 e. The first-order valence-electron chi connectivity index (χ1n) is 11.2. The highest BCUT2D eigenvalue weighted by atomic mass is 19.1. The first-order chi connectivity index (χ1) is 16.1. The second-order valence-electron chi connectivity index (χ2n) is 8.35. The molecule has 1 fully saturated rings. The van der Waals surface area contributed by atoms with E-state index >= 15 is 0 Å². The molecule has 176 valence electrons. The number of rotatable bonds is 10. The molecule has 1 aliphatic heterocycles. The third-order valence-electron chi connectivity index (χ3n) is 5.41. The van der Waals surface area contributed by atoms with Crippen molar-refractivity contribution in [3.8, 4) is 11.5 Å². The lowest BCUT2D eigenvalue weighted by atomic mass is 10.1. The van der Waals surface area contributed by atoms with E-state index in [1.165, 1.54) is 12.1 Å². The SMILES string of the molecule is O[C@@]1(COc2cccc(F)c2)COCCN(Cc2cccc(OCCCn3cccn3)c2)C1. The molecule has 0 radical (unpaired) electrons. The molecule has 0 spiro atoms. The number of hydrogen-bond donors (Lipinski definition) is 1. The molecule has 0 aliphatic carbocycles. The van der Waals surface area contributed by atoms with Gasteiger partial charge < -0.3 is 19.3 Å². The highest BCUT2D eigenvalue weighted by Crippen LogP contribution is 2.20. The number of aliphatic hydroxyl groups is 1. The molecule has 2 heterocycles. The molecular formula is C25H30FN3O4. The summed E-state index contributed by atoms with van der Waals surface area (Å²) < 4.78 is 32.5. The number of β-amino-alcohol motifs (C(OH)–C–C–N with tert-alkyl or cyclic N) is 1. The summed E-state index contributed by atoms with van der Waals surface area (Å²) in [6.45, 7) is 3.86. The number of ether oxygens (including phenoxy) is 3. The van der Waals surface area contributed by atoms with Gasteiger partial charge in [0.25, 0.3) is 0 Å². The summed E-state index contributed by atoms with van der Waals surface area (Å²) in [4.78, 5) is 2.14. The zero-order chi connectivity index (χ0) is 22.9. The standard InChI is InChI=1S/C25H30FN3O4/c26-22-6-2-8-24(16-22)33-20-25(30)18-28(12-14-31-19-25)17-21-5-1-7-23(15-21)32-13-4-11-29-10-3-9-27-29/h1-3,5-10,15-16,30H,4,11-14,17-20H2/t25-/m1/s1. The van der Waals surface area contributed by atoms with Crippen LogP contribution >= 0.6 is 0 Å². The lowest BCUT2D eigenvalue weighted by Crippen LogP contribution is -2.48. The number of halogens is 1. The van der Waals surface area contributed by atoms with Crippen LogP contribution in [0.3, 0.4) is 0 Å². The number of benzene rings is 2. The summed E-state index contributed by atoms with van der Waals surface area (Å²) in [7, 11) is 0. The van der Waals surface area contributed by atoms with Crippen LogP contribution in [0.25, 0.3) is 0 Å². The summed E-state index contributed by atoms with van der Waals surface area (Å²) in [5.41, 5.74) is -0.0986. The van der Waals surface area contributed by atoms with Crippen molar-refractivity contribution in [1.82, 2.24) is 14.7 Å². The molecule has 1 N–H and O–H groups in total. The highest BCUT2D eigenvalue weighted by Gasteiger charge is 2.33. The average molecular weight is 456 g/mol. The molecule has 33 heavy (non-hydrogen) atoms. The van der Waals surface area contributed by atoms with Crippen LogP contribution in [0.1, 0.15) is 12.0 Å². The van der Waals surface area contributed by atoms with E-state index in [0.717, 1.165) is 24.3 Å². The van der Waals surface area contributed by atoms with Crippen LogP contribution in [0.15, 0.2) is 67.0 Å². The zero-order valence-electron chi connectivity index (χ0n) is 18.6. The van der Waals surface area contributed by atoms with E-state index < -0.39 is 5.60 Å². The molecule has 1 atom stereocenters. The highest BCUT2D eigenvalue weighted by molar-refractivity contribution is 5.28. The predicted molar refractivity (Wildman–Crippen MR) is 122 cm³/mol. The Balaban J connectivity index is 1.29. The van der Waals surface area contributed by atoms with E-state index in [1.54, 1.807) is 18.3 Å². The minimum atomic E-state index is -1.19. The Morgan fingerprint density at radius 1 is 1.09 bits per heavy atom. The molecule has 0 bridgehead atoms. The smallest absolute Gasteiger partial charge is 0.134 e. The Kier molecular flexibility index (Phi) is 7.93. The van der Waals surface area contributed by atoms with E-state index in [4.69, 9.17) is 14.2 Å². The van der Waals surface area contributed by atoms with Crippen LogP contribution in [-0.2, 0) is 17.8 Å². The van der Waals surface area contributed by atoms with E-state index in [0.29, 0.717) is 38.6 Å². The fourth-order valence-electron chi connectivity index (χ4n) is 3.83. The topological polar surface area (TPSA) is 69.0 Å². The van der Waals surface area contributed by atoms with Crippen molar-refractivity contribution in [3.63, 3.8) is 0 Å². The minimum Gasteiger partial charge on any atom is -0.494 e. The van der Waals surface area contributed by atoms with Gasteiger partial charge in [0.1, 0.15) is 29.5 Å². The molecule has 7 nitrogen and oxygen atoms in total. The third-order valence-corrected chi connectivity index (χ3v) is 5.41. The third kappa shape index (κ3) is 7.28. The van der Waals surface area contributed by atoms with Crippen molar-refractivity contribution in [2.75, 3.05) is 39.5 Å². The maximum absolute atomic E-state index is 13.4. The predicted octanol–water partition coefficient (Wildman–Crippen LogP) is 3.13. The second-order valence-corrected chi connectivity index (χ2v) is 8.35. The van der Waals surface area contributed by atoms with Gasteiger partial charge in [-0.25, -0.2) is 4.39 Å². The van der Waals surface area contributed by atoms with Crippen LogP contribution in [-0.4, -0.2) is 64.9 Å². The lowest BCUT2D eigenvalue weighted by molar-refractivity contribution is -0.0647. The molecule has 2 aromatic carbocycles. The quantitative estimate of drug-likeness (QED) is 0.474. The fraction of sp³-hybridized carbons (Fsp3) is 0.400. The Hall–Kier alpha value is -2.94. The Labute approximate surface area is 193 Å². The van der Waals surface area contributed by atoms with E-state index in [1.807, 2.05) is 41.2 Å². The van der Waals surface area contributed by atoms with Crippen molar-refractivity contribution in [2.24, 2.45) is 0 Å². The lowest BCUT2D eigenvalue weighted by Gasteiger charge is -2.30. The van der Waals surface area contributed by atoms with Gasteiger partial charge in [-0.15, -0.1) is 0 Å². The second kappa shape index (κ2) is 11.3. The van der Waals surface area contributed by atoms with Crippen LogP contribution in [0, 0.1) is 5.82 Å². The monoisotopic (exact) mass is 455 g/mol. The average Bonchev–Trinajstić information content (AvgIpc) is 3.25. The molecule has 0 saturated carbocycles. The minimum absolute atomic E-state index is 0.0202. The molecule has 8 heteroatoms.